The van der Waals surface area contributed by atoms with Crippen LogP contribution < -0.4 is 15.0 Å². The van der Waals surface area contributed by atoms with Crippen molar-refractivity contribution in [2.45, 2.75) is 25.9 Å². The molecule has 6 rings (SSSR count). The van der Waals surface area contributed by atoms with Crippen molar-refractivity contribution < 1.29 is 9.15 Å². The minimum atomic E-state index is -0.258. The molecule has 0 bridgehead atoms. The number of anilines is 1. The molecule has 7 heteroatoms. The van der Waals surface area contributed by atoms with Gasteiger partial charge in [0.1, 0.15) is 29.1 Å². The van der Waals surface area contributed by atoms with Crippen LogP contribution in [0.15, 0.2) is 108 Å². The van der Waals surface area contributed by atoms with Gasteiger partial charge in [-0.25, -0.2) is 0 Å². The maximum absolute atomic E-state index is 6.46. The van der Waals surface area contributed by atoms with Crippen molar-refractivity contribution in [1.82, 2.24) is 10.3 Å². The number of aromatic nitrogens is 1. The number of nitrogens with zero attached hydrogens (tertiary/aromatic N) is 2. The molecule has 1 aliphatic heterocycles. The molecule has 39 heavy (non-hydrogen) atoms. The largest absolute Gasteiger partial charge is 0.459 e. The molecule has 1 saturated heterocycles. The van der Waals surface area contributed by atoms with Crippen molar-refractivity contribution in [3.05, 3.63) is 131 Å². The lowest BCUT2D eigenvalue weighted by Crippen LogP contribution is -2.29. The minimum Gasteiger partial charge on any atom is -0.459 e. The van der Waals surface area contributed by atoms with Crippen LogP contribution in [0.1, 0.15) is 34.7 Å². The van der Waals surface area contributed by atoms with Gasteiger partial charge in [0, 0.05) is 22.5 Å². The Morgan fingerprint density at radius 3 is 2.33 bits per heavy atom. The van der Waals surface area contributed by atoms with Crippen LogP contribution >= 0.6 is 23.8 Å². The van der Waals surface area contributed by atoms with E-state index in [2.05, 4.69) is 22.1 Å². The number of furan rings is 1. The summed E-state index contributed by atoms with van der Waals surface area (Å²) in [4.78, 5) is 6.70. The molecule has 0 saturated carbocycles. The summed E-state index contributed by atoms with van der Waals surface area (Å²) >= 11 is 12.3. The first-order valence-electron chi connectivity index (χ1n) is 12.7. The first kappa shape index (κ1) is 25.2. The first-order valence-corrected chi connectivity index (χ1v) is 13.5. The fraction of sp³-hybridized carbons (Fsp3) is 0.125. The Morgan fingerprint density at radius 2 is 1.64 bits per heavy atom. The zero-order valence-corrected chi connectivity index (χ0v) is 23.0. The molecule has 1 fully saturated rings. The summed E-state index contributed by atoms with van der Waals surface area (Å²) in [5.41, 5.74) is 4.93. The average molecular weight is 552 g/mol. The number of pyridine rings is 1. The number of aryl methyl sites for hydroxylation is 2. The lowest BCUT2D eigenvalue weighted by atomic mass is 10.0. The number of rotatable bonds is 6. The third-order valence-electron chi connectivity index (χ3n) is 6.84. The van der Waals surface area contributed by atoms with E-state index in [1.807, 2.05) is 104 Å². The molecule has 1 N–H and O–H groups in total. The molecule has 1 aliphatic rings. The Hall–Kier alpha value is -4.13. The average Bonchev–Trinajstić information content (AvgIpc) is 3.57. The van der Waals surface area contributed by atoms with Crippen LogP contribution in [0.25, 0.3) is 11.3 Å². The van der Waals surface area contributed by atoms with Gasteiger partial charge in [-0.3, -0.25) is 4.98 Å². The maximum atomic E-state index is 6.46. The number of benzene rings is 3. The minimum absolute atomic E-state index is 0.206. The fourth-order valence-corrected chi connectivity index (χ4v) is 5.28. The number of ether oxygens (including phenoxy) is 1. The second-order valence-electron chi connectivity index (χ2n) is 9.57. The standard InChI is InChI=1S/C32H26ClN3O2S/c1-20-6-12-24(13-7-20)37-25-14-10-23(11-15-25)36-31(30(35-32(36)39)27-5-3-4-18-34-27)29-17-16-28(38-29)22-9-8-21(2)26(33)19-22/h3-19,30-31H,1-2H3,(H,35,39)/t30-,31-/m1/s1. The van der Waals surface area contributed by atoms with Gasteiger partial charge in [-0.15, -0.1) is 0 Å². The van der Waals surface area contributed by atoms with Crippen LogP contribution in [0.2, 0.25) is 5.02 Å². The van der Waals surface area contributed by atoms with Gasteiger partial charge in [0.2, 0.25) is 0 Å². The summed E-state index contributed by atoms with van der Waals surface area (Å²) in [5, 5.41) is 4.78. The van der Waals surface area contributed by atoms with E-state index >= 15 is 0 Å². The fourth-order valence-electron chi connectivity index (χ4n) is 4.75. The molecule has 0 radical (unpaired) electrons. The second kappa shape index (κ2) is 10.6. The molecule has 2 atom stereocenters. The predicted octanol–water partition coefficient (Wildman–Crippen LogP) is 8.58. The number of thiocarbonyl (C=S) groups is 1. The van der Waals surface area contributed by atoms with Crippen molar-refractivity contribution in [2.24, 2.45) is 0 Å². The Morgan fingerprint density at radius 1 is 0.897 bits per heavy atom. The van der Waals surface area contributed by atoms with Crippen LogP contribution in [0, 0.1) is 13.8 Å². The highest BCUT2D eigenvalue weighted by atomic mass is 35.5. The first-order chi connectivity index (χ1) is 19.0. The lowest BCUT2D eigenvalue weighted by Gasteiger charge is -2.26. The van der Waals surface area contributed by atoms with E-state index in [-0.39, 0.29) is 12.1 Å². The Kier molecular flexibility index (Phi) is 6.81. The molecule has 0 aliphatic carbocycles. The molecule has 0 unspecified atom stereocenters. The molecule has 5 nitrogen and oxygen atoms in total. The highest BCUT2D eigenvalue weighted by Gasteiger charge is 2.42. The molecule has 2 aromatic heterocycles. The van der Waals surface area contributed by atoms with Crippen molar-refractivity contribution in [3.8, 4) is 22.8 Å². The predicted molar refractivity (Wildman–Crippen MR) is 160 cm³/mol. The Labute approximate surface area is 238 Å². The van der Waals surface area contributed by atoms with Crippen molar-refractivity contribution in [3.63, 3.8) is 0 Å². The maximum Gasteiger partial charge on any atom is 0.174 e. The van der Waals surface area contributed by atoms with E-state index in [1.54, 1.807) is 6.20 Å². The zero-order valence-electron chi connectivity index (χ0n) is 21.5. The van der Waals surface area contributed by atoms with Crippen LogP contribution in [0.4, 0.5) is 5.69 Å². The van der Waals surface area contributed by atoms with E-state index in [0.717, 1.165) is 45.5 Å². The topological polar surface area (TPSA) is 50.5 Å². The number of nitrogens with one attached hydrogen (secondary N) is 1. The highest BCUT2D eigenvalue weighted by Crippen LogP contribution is 2.43. The lowest BCUT2D eigenvalue weighted by molar-refractivity contribution is 0.439. The third-order valence-corrected chi connectivity index (χ3v) is 7.57. The van der Waals surface area contributed by atoms with Gasteiger partial charge in [0.05, 0.1) is 11.7 Å². The summed E-state index contributed by atoms with van der Waals surface area (Å²) in [6, 6.07) is 31.2. The SMILES string of the molecule is Cc1ccc(Oc2ccc(N3C(=S)N[C@H](c4ccccn4)[C@H]3c3ccc(-c4ccc(C)c(Cl)c4)o3)cc2)cc1. The summed E-state index contributed by atoms with van der Waals surface area (Å²) in [5.74, 6) is 3.05. The molecular weight excluding hydrogens is 526 g/mol. The van der Waals surface area contributed by atoms with Crippen LogP contribution in [0.5, 0.6) is 11.5 Å². The normalized spacial score (nSPS) is 16.8. The van der Waals surface area contributed by atoms with Crippen LogP contribution in [0.3, 0.4) is 0 Å². The van der Waals surface area contributed by atoms with Crippen molar-refractivity contribution >= 4 is 34.6 Å². The van der Waals surface area contributed by atoms with Crippen LogP contribution in [-0.4, -0.2) is 10.1 Å². The van der Waals surface area contributed by atoms with E-state index in [1.165, 1.54) is 5.56 Å². The number of halogens is 1. The Bertz CT molecular complexity index is 1620. The van der Waals surface area contributed by atoms with E-state index < -0.39 is 0 Å². The molecule has 5 aromatic rings. The van der Waals surface area contributed by atoms with E-state index in [4.69, 9.17) is 33.0 Å². The zero-order chi connectivity index (χ0) is 26.9. The van der Waals surface area contributed by atoms with Gasteiger partial charge in [-0.05, 0) is 98.4 Å². The van der Waals surface area contributed by atoms with Gasteiger partial charge >= 0.3 is 0 Å². The van der Waals surface area contributed by atoms with Gasteiger partial charge in [0.25, 0.3) is 0 Å². The molecule has 3 aromatic carbocycles. The third kappa shape index (κ3) is 5.13. The highest BCUT2D eigenvalue weighted by molar-refractivity contribution is 7.80. The molecule has 3 heterocycles. The Balaban J connectivity index is 1.35. The summed E-state index contributed by atoms with van der Waals surface area (Å²) in [6.45, 7) is 4.04. The van der Waals surface area contributed by atoms with E-state index in [0.29, 0.717) is 10.1 Å². The summed E-state index contributed by atoms with van der Waals surface area (Å²) in [6.07, 6.45) is 1.79. The van der Waals surface area contributed by atoms with Crippen LogP contribution in [-0.2, 0) is 0 Å². The second-order valence-corrected chi connectivity index (χ2v) is 10.4. The van der Waals surface area contributed by atoms with Crippen molar-refractivity contribution in [2.75, 3.05) is 4.90 Å². The molecule has 194 valence electrons. The number of hydrogen-bond acceptors (Lipinski definition) is 4. The molecule has 0 spiro atoms. The van der Waals surface area contributed by atoms with E-state index in [9.17, 15) is 0 Å². The molecular formula is C32H26ClN3O2S. The van der Waals surface area contributed by atoms with Gasteiger partial charge in [-0.2, -0.15) is 0 Å². The van der Waals surface area contributed by atoms with Gasteiger partial charge < -0.3 is 19.4 Å². The van der Waals surface area contributed by atoms with Crippen molar-refractivity contribution in [1.29, 1.82) is 0 Å². The summed E-state index contributed by atoms with van der Waals surface area (Å²) < 4.78 is 12.5. The smallest absolute Gasteiger partial charge is 0.174 e. The number of hydrogen-bond donors (Lipinski definition) is 1. The quantitative estimate of drug-likeness (QED) is 0.213. The monoisotopic (exact) mass is 551 g/mol. The van der Waals surface area contributed by atoms with Gasteiger partial charge in [-0.1, -0.05) is 47.5 Å². The molecule has 0 amide bonds. The summed E-state index contributed by atoms with van der Waals surface area (Å²) in [7, 11) is 0. The van der Waals surface area contributed by atoms with Gasteiger partial charge in [0.15, 0.2) is 5.11 Å².